The molecular weight excluding hydrogens is 272 g/mol. The van der Waals surface area contributed by atoms with Gasteiger partial charge in [0.1, 0.15) is 5.60 Å². The molecular formula is C15H18N2O4. The first-order chi connectivity index (χ1) is 9.99. The van der Waals surface area contributed by atoms with Crippen LogP contribution in [0.1, 0.15) is 23.2 Å². The zero-order valence-electron chi connectivity index (χ0n) is 11.9. The Morgan fingerprint density at radius 2 is 1.90 bits per heavy atom. The first-order valence-corrected chi connectivity index (χ1v) is 7.02. The van der Waals surface area contributed by atoms with E-state index in [0.717, 1.165) is 25.9 Å². The van der Waals surface area contributed by atoms with Crippen molar-refractivity contribution in [2.24, 2.45) is 0 Å². The van der Waals surface area contributed by atoms with Gasteiger partial charge in [-0.2, -0.15) is 0 Å². The van der Waals surface area contributed by atoms with E-state index in [4.69, 9.17) is 9.84 Å². The van der Waals surface area contributed by atoms with E-state index in [2.05, 4.69) is 4.90 Å². The van der Waals surface area contributed by atoms with Gasteiger partial charge in [-0.15, -0.1) is 0 Å². The first-order valence-electron chi connectivity index (χ1n) is 7.02. The second kappa shape index (κ2) is 5.04. The van der Waals surface area contributed by atoms with Gasteiger partial charge in [-0.05, 0) is 31.3 Å². The Labute approximate surface area is 122 Å². The molecule has 0 radical (unpaired) electrons. The molecule has 1 unspecified atom stereocenters. The summed E-state index contributed by atoms with van der Waals surface area (Å²) in [5.74, 6) is -0.976. The van der Waals surface area contributed by atoms with E-state index in [0.29, 0.717) is 12.2 Å². The fraction of sp³-hybridized carbons (Fsp3) is 0.467. The second-order valence-electron chi connectivity index (χ2n) is 5.79. The number of likely N-dealkylation sites (tertiary alicyclic amines) is 1. The summed E-state index contributed by atoms with van der Waals surface area (Å²) in [7, 11) is 2.03. The average molecular weight is 290 g/mol. The molecule has 0 aliphatic carbocycles. The van der Waals surface area contributed by atoms with Crippen molar-refractivity contribution in [2.45, 2.75) is 18.4 Å². The standard InChI is InChI=1S/C15H18N2O4/c1-16-8-6-15(10-16)7-9-17(14(20)21-15)12-4-2-11(3-5-12)13(18)19/h2-5H,6-10H2,1H3,(H,18,19). The van der Waals surface area contributed by atoms with Crippen LogP contribution in [0, 0.1) is 0 Å². The van der Waals surface area contributed by atoms with Crippen LogP contribution in [-0.4, -0.2) is 54.4 Å². The van der Waals surface area contributed by atoms with Crippen LogP contribution in [0.4, 0.5) is 10.5 Å². The molecule has 1 atom stereocenters. The third-order valence-electron chi connectivity index (χ3n) is 4.25. The Bertz CT molecular complexity index is 572. The minimum absolute atomic E-state index is 0.206. The first kappa shape index (κ1) is 13.9. The van der Waals surface area contributed by atoms with Gasteiger partial charge in [0, 0.05) is 38.2 Å². The number of rotatable bonds is 2. The number of hydrogen-bond acceptors (Lipinski definition) is 4. The van der Waals surface area contributed by atoms with Gasteiger partial charge in [-0.3, -0.25) is 4.90 Å². The number of aromatic carboxylic acids is 1. The van der Waals surface area contributed by atoms with Crippen LogP contribution in [0.2, 0.25) is 0 Å². The van der Waals surface area contributed by atoms with E-state index in [1.54, 1.807) is 17.0 Å². The molecule has 1 amide bonds. The van der Waals surface area contributed by atoms with Gasteiger partial charge in [0.15, 0.2) is 0 Å². The zero-order valence-corrected chi connectivity index (χ0v) is 11.9. The fourth-order valence-electron chi connectivity index (χ4n) is 3.05. The molecule has 6 nitrogen and oxygen atoms in total. The number of hydrogen-bond donors (Lipinski definition) is 1. The number of ether oxygens (including phenoxy) is 1. The van der Waals surface area contributed by atoms with Crippen molar-refractivity contribution < 1.29 is 19.4 Å². The monoisotopic (exact) mass is 290 g/mol. The van der Waals surface area contributed by atoms with Crippen molar-refractivity contribution in [3.8, 4) is 0 Å². The number of nitrogens with zero attached hydrogens (tertiary/aromatic N) is 2. The number of amides is 1. The van der Waals surface area contributed by atoms with E-state index >= 15 is 0 Å². The summed E-state index contributed by atoms with van der Waals surface area (Å²) in [4.78, 5) is 26.8. The Balaban J connectivity index is 1.73. The molecule has 112 valence electrons. The lowest BCUT2D eigenvalue weighted by Crippen LogP contribution is -2.50. The van der Waals surface area contributed by atoms with Crippen molar-refractivity contribution in [1.82, 2.24) is 4.90 Å². The SMILES string of the molecule is CN1CCC2(CCN(c3ccc(C(=O)O)cc3)C(=O)O2)C1. The molecule has 1 N–H and O–H groups in total. The molecule has 2 saturated heterocycles. The minimum Gasteiger partial charge on any atom is -0.478 e. The molecule has 2 heterocycles. The third kappa shape index (κ3) is 2.58. The number of carbonyl (C=O) groups is 2. The third-order valence-corrected chi connectivity index (χ3v) is 4.25. The fourth-order valence-corrected chi connectivity index (χ4v) is 3.05. The average Bonchev–Trinajstić information content (AvgIpc) is 2.80. The number of carboxylic acid groups (broad SMARTS) is 1. The predicted octanol–water partition coefficient (Wildman–Crippen LogP) is 1.81. The summed E-state index contributed by atoms with van der Waals surface area (Å²) < 4.78 is 5.68. The van der Waals surface area contributed by atoms with E-state index in [1.807, 2.05) is 7.05 Å². The molecule has 21 heavy (non-hydrogen) atoms. The normalized spacial score (nSPS) is 26.1. The van der Waals surface area contributed by atoms with Crippen LogP contribution < -0.4 is 4.90 Å². The molecule has 1 aromatic rings. The maximum atomic E-state index is 12.3. The lowest BCUT2D eigenvalue weighted by molar-refractivity contribution is 0.00434. The van der Waals surface area contributed by atoms with Crippen molar-refractivity contribution in [1.29, 1.82) is 0 Å². The summed E-state index contributed by atoms with van der Waals surface area (Å²) >= 11 is 0. The van der Waals surface area contributed by atoms with Gasteiger partial charge in [-0.25, -0.2) is 9.59 Å². The van der Waals surface area contributed by atoms with Gasteiger partial charge in [0.2, 0.25) is 0 Å². The molecule has 0 bridgehead atoms. The molecule has 3 rings (SSSR count). The second-order valence-corrected chi connectivity index (χ2v) is 5.79. The van der Waals surface area contributed by atoms with Crippen molar-refractivity contribution in [3.05, 3.63) is 29.8 Å². The Hall–Kier alpha value is -2.08. The predicted molar refractivity (Wildman–Crippen MR) is 76.7 cm³/mol. The Morgan fingerprint density at radius 1 is 1.24 bits per heavy atom. The molecule has 1 aromatic carbocycles. The minimum atomic E-state index is -0.976. The molecule has 0 saturated carbocycles. The van der Waals surface area contributed by atoms with Gasteiger partial charge < -0.3 is 14.7 Å². The van der Waals surface area contributed by atoms with Crippen molar-refractivity contribution in [2.75, 3.05) is 31.6 Å². The number of carboxylic acids is 1. The number of benzene rings is 1. The van der Waals surface area contributed by atoms with Crippen LogP contribution >= 0.6 is 0 Å². The summed E-state index contributed by atoms with van der Waals surface area (Å²) in [6.45, 7) is 2.32. The molecule has 1 spiro atoms. The van der Waals surface area contributed by atoms with E-state index in [1.165, 1.54) is 12.1 Å². The topological polar surface area (TPSA) is 70.1 Å². The van der Waals surface area contributed by atoms with Crippen molar-refractivity contribution >= 4 is 17.7 Å². The largest absolute Gasteiger partial charge is 0.478 e. The van der Waals surface area contributed by atoms with Crippen molar-refractivity contribution in [3.63, 3.8) is 0 Å². The summed E-state index contributed by atoms with van der Waals surface area (Å²) in [5.41, 5.74) is 0.535. The highest BCUT2D eigenvalue weighted by atomic mass is 16.6. The molecule has 2 aliphatic heterocycles. The van der Waals surface area contributed by atoms with E-state index in [-0.39, 0.29) is 17.3 Å². The van der Waals surface area contributed by atoms with Gasteiger partial charge in [0.05, 0.1) is 5.56 Å². The quantitative estimate of drug-likeness (QED) is 0.899. The highest BCUT2D eigenvalue weighted by molar-refractivity contribution is 5.91. The van der Waals surface area contributed by atoms with Gasteiger partial charge in [0.25, 0.3) is 0 Å². The zero-order chi connectivity index (χ0) is 15.0. The Morgan fingerprint density at radius 3 is 2.43 bits per heavy atom. The van der Waals surface area contributed by atoms with Crippen LogP contribution in [-0.2, 0) is 4.74 Å². The molecule has 6 heteroatoms. The molecule has 2 fully saturated rings. The maximum absolute atomic E-state index is 12.3. The lowest BCUT2D eigenvalue weighted by Gasteiger charge is -2.38. The van der Waals surface area contributed by atoms with Gasteiger partial charge in [-0.1, -0.05) is 0 Å². The highest BCUT2D eigenvalue weighted by Crippen LogP contribution is 2.34. The number of anilines is 1. The lowest BCUT2D eigenvalue weighted by atomic mass is 9.96. The smallest absolute Gasteiger partial charge is 0.414 e. The van der Waals surface area contributed by atoms with Crippen LogP contribution in [0.15, 0.2) is 24.3 Å². The van der Waals surface area contributed by atoms with Crippen LogP contribution in [0.5, 0.6) is 0 Å². The molecule has 2 aliphatic rings. The van der Waals surface area contributed by atoms with Crippen LogP contribution in [0.3, 0.4) is 0 Å². The van der Waals surface area contributed by atoms with Gasteiger partial charge >= 0.3 is 12.1 Å². The summed E-state index contributed by atoms with van der Waals surface area (Å²) in [5, 5.41) is 8.89. The Kier molecular flexibility index (Phi) is 3.33. The molecule has 0 aromatic heterocycles. The summed E-state index contributed by atoms with van der Waals surface area (Å²) in [6, 6.07) is 6.28. The number of carbonyl (C=O) groups excluding carboxylic acids is 1. The summed E-state index contributed by atoms with van der Waals surface area (Å²) in [6.07, 6.45) is 1.32. The van der Waals surface area contributed by atoms with Crippen LogP contribution in [0.25, 0.3) is 0 Å². The number of likely N-dealkylation sites (N-methyl/N-ethyl adjacent to an activating group) is 1. The van der Waals surface area contributed by atoms with E-state index in [9.17, 15) is 9.59 Å². The maximum Gasteiger partial charge on any atom is 0.414 e. The highest BCUT2D eigenvalue weighted by Gasteiger charge is 2.45. The van der Waals surface area contributed by atoms with E-state index < -0.39 is 5.97 Å².